The van der Waals surface area contributed by atoms with Crippen molar-refractivity contribution in [2.75, 3.05) is 23.7 Å². The summed E-state index contributed by atoms with van der Waals surface area (Å²) in [5.74, 6) is 0.887. The predicted molar refractivity (Wildman–Crippen MR) is 112 cm³/mol. The van der Waals surface area contributed by atoms with Crippen LogP contribution in [-0.2, 0) is 14.8 Å². The third-order valence-electron chi connectivity index (χ3n) is 4.62. The number of nitrogens with zero attached hydrogens (tertiary/aromatic N) is 1. The SMILES string of the molecule is Cc1cc(C)cc(N([C@@H](C)C(=O)NC[C@H]2COc3ccccc3O2)S(C)(=O)=O)c1. The summed E-state index contributed by atoms with van der Waals surface area (Å²) < 4.78 is 37.5. The van der Waals surface area contributed by atoms with E-state index in [9.17, 15) is 13.2 Å². The Balaban J connectivity index is 1.70. The van der Waals surface area contributed by atoms with Crippen LogP contribution < -0.4 is 19.1 Å². The number of amides is 1. The number of anilines is 1. The molecule has 0 saturated heterocycles. The zero-order chi connectivity index (χ0) is 21.2. The van der Waals surface area contributed by atoms with Gasteiger partial charge in [-0.1, -0.05) is 18.2 Å². The van der Waals surface area contributed by atoms with Gasteiger partial charge in [0.1, 0.15) is 18.8 Å². The number of ether oxygens (including phenoxy) is 2. The first kappa shape index (κ1) is 21.0. The molecule has 2 aromatic carbocycles. The fourth-order valence-corrected chi connectivity index (χ4v) is 4.57. The molecule has 156 valence electrons. The first-order valence-electron chi connectivity index (χ1n) is 9.39. The molecular weight excluding hydrogens is 392 g/mol. The molecule has 1 amide bonds. The van der Waals surface area contributed by atoms with Crippen LogP contribution in [-0.4, -0.2) is 45.9 Å². The number of hydrogen-bond donors (Lipinski definition) is 1. The monoisotopic (exact) mass is 418 g/mol. The van der Waals surface area contributed by atoms with Gasteiger partial charge in [0.2, 0.25) is 15.9 Å². The maximum atomic E-state index is 12.7. The number of fused-ring (bicyclic) bond motifs is 1. The lowest BCUT2D eigenvalue weighted by Gasteiger charge is -2.30. The zero-order valence-electron chi connectivity index (χ0n) is 17.0. The molecule has 2 aromatic rings. The molecule has 0 radical (unpaired) electrons. The second-order valence-corrected chi connectivity index (χ2v) is 9.18. The molecule has 1 N–H and O–H groups in total. The summed E-state index contributed by atoms with van der Waals surface area (Å²) in [5.41, 5.74) is 2.32. The van der Waals surface area contributed by atoms with Crippen molar-refractivity contribution < 1.29 is 22.7 Å². The molecule has 0 unspecified atom stereocenters. The van der Waals surface area contributed by atoms with Crippen LogP contribution in [0.5, 0.6) is 11.5 Å². The topological polar surface area (TPSA) is 84.9 Å². The third kappa shape index (κ3) is 5.00. The minimum absolute atomic E-state index is 0.210. The summed E-state index contributed by atoms with van der Waals surface area (Å²) in [6.07, 6.45) is 0.748. The summed E-state index contributed by atoms with van der Waals surface area (Å²) >= 11 is 0. The van der Waals surface area contributed by atoms with Crippen molar-refractivity contribution in [1.82, 2.24) is 5.32 Å². The van der Waals surface area contributed by atoms with Crippen LogP contribution >= 0.6 is 0 Å². The number of hydrogen-bond acceptors (Lipinski definition) is 5. The highest BCUT2D eigenvalue weighted by Gasteiger charge is 2.30. The van der Waals surface area contributed by atoms with Crippen LogP contribution in [0.4, 0.5) is 5.69 Å². The van der Waals surface area contributed by atoms with Gasteiger partial charge >= 0.3 is 0 Å². The van der Waals surface area contributed by atoms with Crippen molar-refractivity contribution in [3.63, 3.8) is 0 Å². The summed E-state index contributed by atoms with van der Waals surface area (Å²) in [6.45, 7) is 5.86. The summed E-state index contributed by atoms with van der Waals surface area (Å²) in [7, 11) is -3.66. The van der Waals surface area contributed by atoms with Crippen LogP contribution in [0, 0.1) is 13.8 Å². The zero-order valence-corrected chi connectivity index (χ0v) is 17.8. The normalized spacial score (nSPS) is 16.8. The fourth-order valence-electron chi connectivity index (χ4n) is 3.41. The number of carbonyl (C=O) groups excluding carboxylic acids is 1. The fraction of sp³-hybridized carbons (Fsp3) is 0.381. The average molecular weight is 419 g/mol. The highest BCUT2D eigenvalue weighted by Crippen LogP contribution is 2.30. The largest absolute Gasteiger partial charge is 0.486 e. The molecular formula is C21H26N2O5S. The van der Waals surface area contributed by atoms with Gasteiger partial charge in [-0.05, 0) is 56.2 Å². The van der Waals surface area contributed by atoms with Crippen molar-refractivity contribution in [1.29, 1.82) is 0 Å². The number of para-hydroxylation sites is 2. The molecule has 0 aromatic heterocycles. The van der Waals surface area contributed by atoms with E-state index < -0.39 is 22.0 Å². The standard InChI is InChI=1S/C21H26N2O5S/c1-14-9-15(2)11-17(10-14)23(29(4,25)26)16(3)21(24)22-12-18-13-27-19-7-5-6-8-20(19)28-18/h5-11,16,18H,12-13H2,1-4H3,(H,22,24)/t16-,18-/m0/s1. The molecule has 1 heterocycles. The number of carbonyl (C=O) groups is 1. The molecule has 0 spiro atoms. The van der Waals surface area contributed by atoms with Crippen molar-refractivity contribution in [3.8, 4) is 11.5 Å². The molecule has 7 nitrogen and oxygen atoms in total. The Kier molecular flexibility index (Phi) is 6.02. The number of nitrogens with one attached hydrogen (secondary N) is 1. The average Bonchev–Trinajstić information content (AvgIpc) is 2.64. The Hall–Kier alpha value is -2.74. The van der Waals surface area contributed by atoms with Gasteiger partial charge in [-0.3, -0.25) is 9.10 Å². The van der Waals surface area contributed by atoms with Crippen LogP contribution in [0.25, 0.3) is 0 Å². The van der Waals surface area contributed by atoms with E-state index >= 15 is 0 Å². The van der Waals surface area contributed by atoms with Crippen LogP contribution in [0.1, 0.15) is 18.1 Å². The quantitative estimate of drug-likeness (QED) is 0.779. The van der Waals surface area contributed by atoms with E-state index in [1.807, 2.05) is 38.1 Å². The Morgan fingerprint density at radius 3 is 2.41 bits per heavy atom. The van der Waals surface area contributed by atoms with E-state index in [0.717, 1.165) is 21.7 Å². The molecule has 29 heavy (non-hydrogen) atoms. The van der Waals surface area contributed by atoms with E-state index in [4.69, 9.17) is 9.47 Å². The van der Waals surface area contributed by atoms with Crippen LogP contribution in [0.15, 0.2) is 42.5 Å². The van der Waals surface area contributed by atoms with Crippen LogP contribution in [0.2, 0.25) is 0 Å². The maximum absolute atomic E-state index is 12.7. The van der Waals surface area contributed by atoms with Crippen molar-refractivity contribution in [2.24, 2.45) is 0 Å². The van der Waals surface area contributed by atoms with E-state index in [1.165, 1.54) is 0 Å². The molecule has 0 saturated carbocycles. The molecule has 3 rings (SSSR count). The Bertz CT molecular complexity index is 986. The lowest BCUT2D eigenvalue weighted by molar-refractivity contribution is -0.122. The molecule has 2 atom stereocenters. The number of aryl methyl sites for hydroxylation is 2. The minimum Gasteiger partial charge on any atom is -0.486 e. The second kappa shape index (κ2) is 8.32. The van der Waals surface area contributed by atoms with Gasteiger partial charge in [-0.25, -0.2) is 8.42 Å². The minimum atomic E-state index is -3.66. The first-order chi connectivity index (χ1) is 13.6. The lowest BCUT2D eigenvalue weighted by atomic mass is 10.1. The van der Waals surface area contributed by atoms with E-state index in [-0.39, 0.29) is 12.6 Å². The molecule has 0 bridgehead atoms. The maximum Gasteiger partial charge on any atom is 0.243 e. The lowest BCUT2D eigenvalue weighted by Crippen LogP contribution is -2.50. The summed E-state index contributed by atoms with van der Waals surface area (Å²) in [6, 6.07) is 11.9. The summed E-state index contributed by atoms with van der Waals surface area (Å²) in [4.78, 5) is 12.7. The second-order valence-electron chi connectivity index (χ2n) is 7.32. The molecule has 1 aliphatic rings. The van der Waals surface area contributed by atoms with Crippen molar-refractivity contribution >= 4 is 21.6 Å². The molecule has 0 fully saturated rings. The Morgan fingerprint density at radius 1 is 1.17 bits per heavy atom. The van der Waals surface area contributed by atoms with Crippen molar-refractivity contribution in [2.45, 2.75) is 32.9 Å². The van der Waals surface area contributed by atoms with Gasteiger partial charge in [0.15, 0.2) is 11.5 Å². The van der Waals surface area contributed by atoms with Gasteiger partial charge in [0.25, 0.3) is 0 Å². The van der Waals surface area contributed by atoms with Crippen LogP contribution in [0.3, 0.4) is 0 Å². The Morgan fingerprint density at radius 2 is 1.79 bits per heavy atom. The number of rotatable bonds is 6. The third-order valence-corrected chi connectivity index (χ3v) is 5.86. The highest BCUT2D eigenvalue weighted by molar-refractivity contribution is 7.92. The molecule has 0 aliphatic carbocycles. The number of sulfonamides is 1. The molecule has 1 aliphatic heterocycles. The summed E-state index contributed by atoms with van der Waals surface area (Å²) in [5, 5.41) is 2.78. The molecule has 8 heteroatoms. The smallest absolute Gasteiger partial charge is 0.243 e. The van der Waals surface area contributed by atoms with Gasteiger partial charge in [-0.15, -0.1) is 0 Å². The van der Waals surface area contributed by atoms with Gasteiger partial charge in [-0.2, -0.15) is 0 Å². The van der Waals surface area contributed by atoms with Gasteiger partial charge in [0, 0.05) is 0 Å². The van der Waals surface area contributed by atoms with Gasteiger partial charge < -0.3 is 14.8 Å². The Labute approximate surface area is 171 Å². The number of benzene rings is 2. The van der Waals surface area contributed by atoms with E-state index in [2.05, 4.69) is 5.32 Å². The van der Waals surface area contributed by atoms with Crippen molar-refractivity contribution in [3.05, 3.63) is 53.6 Å². The van der Waals surface area contributed by atoms with Gasteiger partial charge in [0.05, 0.1) is 18.5 Å². The highest BCUT2D eigenvalue weighted by atomic mass is 32.2. The van der Waals surface area contributed by atoms with E-state index in [1.54, 1.807) is 25.1 Å². The first-order valence-corrected chi connectivity index (χ1v) is 11.2. The predicted octanol–water partition coefficient (Wildman–Crippen LogP) is 2.41. The van der Waals surface area contributed by atoms with E-state index in [0.29, 0.717) is 23.8 Å².